The Morgan fingerprint density at radius 3 is 2.70 bits per heavy atom. The van der Waals surface area contributed by atoms with Crippen molar-refractivity contribution in [3.63, 3.8) is 0 Å². The molecule has 1 amide bonds. The second-order valence-electron chi connectivity index (χ2n) is 5.66. The number of anilines is 2. The lowest BCUT2D eigenvalue weighted by molar-refractivity contribution is -0.119. The number of rotatable bonds is 4. The number of hydrogen-bond acceptors (Lipinski definition) is 5. The summed E-state index contributed by atoms with van der Waals surface area (Å²) in [5, 5.41) is 3.13. The van der Waals surface area contributed by atoms with E-state index < -0.39 is 0 Å². The lowest BCUT2D eigenvalue weighted by Crippen LogP contribution is -2.41. The zero-order valence-electron chi connectivity index (χ0n) is 12.0. The standard InChI is InChI=1S/C14H21N5O/c1-8-12(16-2)17-13(9-5-6-9)18-14(8)19-7-3-4-10(19)11(15)20/h9-10H,3-7H2,1-2H3,(H2,15,20)(H,16,17,18). The normalized spacial score (nSPS) is 22.1. The molecule has 2 fully saturated rings. The van der Waals surface area contributed by atoms with Gasteiger partial charge in [0.1, 0.15) is 23.5 Å². The van der Waals surface area contributed by atoms with Crippen LogP contribution in [0.2, 0.25) is 0 Å². The van der Waals surface area contributed by atoms with Crippen LogP contribution in [0.5, 0.6) is 0 Å². The van der Waals surface area contributed by atoms with Gasteiger partial charge in [0.2, 0.25) is 5.91 Å². The predicted octanol–water partition coefficient (Wildman–Crippen LogP) is 1.16. The number of carbonyl (C=O) groups is 1. The summed E-state index contributed by atoms with van der Waals surface area (Å²) in [7, 11) is 1.87. The number of carbonyl (C=O) groups excluding carboxylic acids is 1. The molecule has 1 aliphatic carbocycles. The van der Waals surface area contributed by atoms with Crippen LogP contribution >= 0.6 is 0 Å². The molecule has 3 N–H and O–H groups in total. The van der Waals surface area contributed by atoms with Crippen molar-refractivity contribution in [1.29, 1.82) is 0 Å². The monoisotopic (exact) mass is 275 g/mol. The Balaban J connectivity index is 2.02. The summed E-state index contributed by atoms with van der Waals surface area (Å²) < 4.78 is 0. The van der Waals surface area contributed by atoms with Gasteiger partial charge in [0.15, 0.2) is 0 Å². The van der Waals surface area contributed by atoms with E-state index in [0.29, 0.717) is 5.92 Å². The first kappa shape index (κ1) is 13.1. The Labute approximate surface area is 118 Å². The van der Waals surface area contributed by atoms with E-state index in [0.717, 1.165) is 55.3 Å². The van der Waals surface area contributed by atoms with Crippen LogP contribution in [0.4, 0.5) is 11.6 Å². The minimum Gasteiger partial charge on any atom is -0.373 e. The van der Waals surface area contributed by atoms with E-state index in [1.807, 2.05) is 18.9 Å². The Kier molecular flexibility index (Phi) is 3.23. The topological polar surface area (TPSA) is 84.1 Å². The molecule has 1 unspecified atom stereocenters. The van der Waals surface area contributed by atoms with Crippen molar-refractivity contribution in [2.75, 3.05) is 23.8 Å². The fraction of sp³-hybridized carbons (Fsp3) is 0.643. The lowest BCUT2D eigenvalue weighted by atomic mass is 10.2. The molecule has 108 valence electrons. The Hall–Kier alpha value is -1.85. The van der Waals surface area contributed by atoms with Gasteiger partial charge in [-0.15, -0.1) is 0 Å². The number of nitrogens with zero attached hydrogens (tertiary/aromatic N) is 3. The molecule has 6 nitrogen and oxygen atoms in total. The SMILES string of the molecule is CNc1nc(C2CC2)nc(N2CCCC2C(N)=O)c1C. The van der Waals surface area contributed by atoms with Gasteiger partial charge in [0.05, 0.1) is 0 Å². The second-order valence-corrected chi connectivity index (χ2v) is 5.66. The van der Waals surface area contributed by atoms with Crippen LogP contribution in [0.3, 0.4) is 0 Å². The first-order valence-corrected chi connectivity index (χ1v) is 7.24. The van der Waals surface area contributed by atoms with E-state index >= 15 is 0 Å². The van der Waals surface area contributed by atoms with Crippen molar-refractivity contribution >= 4 is 17.5 Å². The third-order valence-corrected chi connectivity index (χ3v) is 4.17. The smallest absolute Gasteiger partial charge is 0.240 e. The van der Waals surface area contributed by atoms with Crippen LogP contribution < -0.4 is 16.0 Å². The Morgan fingerprint density at radius 1 is 1.35 bits per heavy atom. The molecule has 1 aromatic rings. The molecule has 20 heavy (non-hydrogen) atoms. The predicted molar refractivity (Wildman–Crippen MR) is 77.9 cm³/mol. The van der Waals surface area contributed by atoms with Gasteiger partial charge < -0.3 is 16.0 Å². The molecule has 1 atom stereocenters. The molecular weight excluding hydrogens is 254 g/mol. The van der Waals surface area contributed by atoms with Crippen LogP contribution in [0.1, 0.15) is 43.0 Å². The number of primary amides is 1. The van der Waals surface area contributed by atoms with E-state index in [1.54, 1.807) is 0 Å². The fourth-order valence-corrected chi connectivity index (χ4v) is 2.88. The molecule has 1 aromatic heterocycles. The molecule has 6 heteroatoms. The van der Waals surface area contributed by atoms with Crippen LogP contribution in [0, 0.1) is 6.92 Å². The average molecular weight is 275 g/mol. The van der Waals surface area contributed by atoms with E-state index in [-0.39, 0.29) is 11.9 Å². The first-order valence-electron chi connectivity index (χ1n) is 7.24. The van der Waals surface area contributed by atoms with Crippen LogP contribution in [0.15, 0.2) is 0 Å². The third kappa shape index (κ3) is 2.19. The zero-order chi connectivity index (χ0) is 14.3. The first-order chi connectivity index (χ1) is 9.61. The highest BCUT2D eigenvalue weighted by molar-refractivity contribution is 5.84. The number of nitrogens with two attached hydrogens (primary N) is 1. The van der Waals surface area contributed by atoms with Crippen LogP contribution in [-0.4, -0.2) is 35.5 Å². The van der Waals surface area contributed by atoms with Gasteiger partial charge in [-0.1, -0.05) is 0 Å². The molecule has 3 rings (SSSR count). The van der Waals surface area contributed by atoms with Crippen LogP contribution in [-0.2, 0) is 4.79 Å². The molecule has 0 radical (unpaired) electrons. The van der Waals surface area contributed by atoms with Gasteiger partial charge in [-0.25, -0.2) is 9.97 Å². The summed E-state index contributed by atoms with van der Waals surface area (Å²) in [5.41, 5.74) is 6.51. The Morgan fingerprint density at radius 2 is 2.10 bits per heavy atom. The molecule has 0 bridgehead atoms. The molecule has 2 aliphatic rings. The highest BCUT2D eigenvalue weighted by atomic mass is 16.1. The van der Waals surface area contributed by atoms with Crippen molar-refractivity contribution in [3.05, 3.63) is 11.4 Å². The Bertz CT molecular complexity index is 541. The molecule has 0 aromatic carbocycles. The van der Waals surface area contributed by atoms with Crippen molar-refractivity contribution in [2.24, 2.45) is 5.73 Å². The van der Waals surface area contributed by atoms with Crippen molar-refractivity contribution in [2.45, 2.75) is 44.6 Å². The summed E-state index contributed by atoms with van der Waals surface area (Å²) in [6.45, 7) is 2.83. The molecule has 0 spiro atoms. The van der Waals surface area contributed by atoms with Gasteiger partial charge in [-0.2, -0.15) is 0 Å². The second kappa shape index (κ2) is 4.92. The van der Waals surface area contributed by atoms with E-state index in [1.165, 1.54) is 0 Å². The summed E-state index contributed by atoms with van der Waals surface area (Å²) >= 11 is 0. The maximum absolute atomic E-state index is 11.6. The highest BCUT2D eigenvalue weighted by Crippen LogP contribution is 2.40. The summed E-state index contributed by atoms with van der Waals surface area (Å²) in [4.78, 5) is 23.0. The minimum atomic E-state index is -0.264. The van der Waals surface area contributed by atoms with Gasteiger partial charge in [-0.3, -0.25) is 4.79 Å². The molecular formula is C14H21N5O. The van der Waals surface area contributed by atoms with Gasteiger partial charge in [0.25, 0.3) is 0 Å². The summed E-state index contributed by atoms with van der Waals surface area (Å²) in [5.74, 6) is 2.83. The summed E-state index contributed by atoms with van der Waals surface area (Å²) in [6.07, 6.45) is 4.10. The van der Waals surface area contributed by atoms with E-state index in [4.69, 9.17) is 10.7 Å². The highest BCUT2D eigenvalue weighted by Gasteiger charge is 2.34. The fourth-order valence-electron chi connectivity index (χ4n) is 2.88. The maximum Gasteiger partial charge on any atom is 0.240 e. The minimum absolute atomic E-state index is 0.236. The van der Waals surface area contributed by atoms with Crippen LogP contribution in [0.25, 0.3) is 0 Å². The number of hydrogen-bond donors (Lipinski definition) is 2. The number of aromatic nitrogens is 2. The van der Waals surface area contributed by atoms with Gasteiger partial charge in [0, 0.05) is 25.1 Å². The molecule has 1 saturated heterocycles. The van der Waals surface area contributed by atoms with Gasteiger partial charge >= 0.3 is 0 Å². The van der Waals surface area contributed by atoms with Crippen molar-refractivity contribution < 1.29 is 4.79 Å². The largest absolute Gasteiger partial charge is 0.373 e. The molecule has 1 saturated carbocycles. The zero-order valence-corrected chi connectivity index (χ0v) is 12.0. The number of amides is 1. The van der Waals surface area contributed by atoms with E-state index in [9.17, 15) is 4.79 Å². The average Bonchev–Trinajstić information content (AvgIpc) is 3.16. The summed E-state index contributed by atoms with van der Waals surface area (Å²) in [6, 6.07) is -0.236. The van der Waals surface area contributed by atoms with Crippen molar-refractivity contribution in [1.82, 2.24) is 9.97 Å². The van der Waals surface area contributed by atoms with Crippen molar-refractivity contribution in [3.8, 4) is 0 Å². The maximum atomic E-state index is 11.6. The quantitative estimate of drug-likeness (QED) is 0.861. The molecule has 1 aliphatic heterocycles. The third-order valence-electron chi connectivity index (χ3n) is 4.17. The molecule has 2 heterocycles. The lowest BCUT2D eigenvalue weighted by Gasteiger charge is -2.26. The van der Waals surface area contributed by atoms with Gasteiger partial charge in [-0.05, 0) is 32.6 Å². The van der Waals surface area contributed by atoms with E-state index in [2.05, 4.69) is 10.3 Å². The number of nitrogens with one attached hydrogen (secondary N) is 1.